The van der Waals surface area contributed by atoms with Gasteiger partial charge in [0.2, 0.25) is 5.91 Å². The maximum atomic E-state index is 12.7. The van der Waals surface area contributed by atoms with Gasteiger partial charge in [-0.1, -0.05) is 6.07 Å². The summed E-state index contributed by atoms with van der Waals surface area (Å²) in [6, 6.07) is 4.03. The van der Waals surface area contributed by atoms with E-state index in [-0.39, 0.29) is 12.0 Å². The van der Waals surface area contributed by atoms with Crippen molar-refractivity contribution in [1.82, 2.24) is 4.90 Å². The number of nitrogens with zero attached hydrogens (tertiary/aromatic N) is 1. The molecular formula is C15H23NO2S. The van der Waals surface area contributed by atoms with Crippen LogP contribution < -0.4 is 0 Å². The van der Waals surface area contributed by atoms with Crippen molar-refractivity contribution < 1.29 is 9.90 Å². The van der Waals surface area contributed by atoms with Crippen LogP contribution in [0.25, 0.3) is 0 Å². The van der Waals surface area contributed by atoms with Crippen LogP contribution in [0.3, 0.4) is 0 Å². The summed E-state index contributed by atoms with van der Waals surface area (Å²) in [7, 11) is 0. The molecule has 0 spiro atoms. The van der Waals surface area contributed by atoms with Crippen molar-refractivity contribution in [2.75, 3.05) is 13.1 Å². The smallest absolute Gasteiger partial charge is 0.233 e. The fourth-order valence-corrected chi connectivity index (χ4v) is 3.56. The van der Waals surface area contributed by atoms with Crippen LogP contribution in [0.2, 0.25) is 0 Å². The topological polar surface area (TPSA) is 40.5 Å². The van der Waals surface area contributed by atoms with E-state index in [2.05, 4.69) is 0 Å². The van der Waals surface area contributed by atoms with Crippen molar-refractivity contribution in [2.24, 2.45) is 5.92 Å². The maximum absolute atomic E-state index is 12.7. The lowest BCUT2D eigenvalue weighted by molar-refractivity contribution is -0.138. The highest BCUT2D eigenvalue weighted by Gasteiger charge is 2.36. The van der Waals surface area contributed by atoms with E-state index < -0.39 is 5.41 Å². The van der Waals surface area contributed by atoms with E-state index in [0.717, 1.165) is 30.8 Å². The lowest BCUT2D eigenvalue weighted by Crippen LogP contribution is -2.47. The molecule has 1 aliphatic rings. The molecule has 0 saturated carbocycles. The van der Waals surface area contributed by atoms with E-state index in [1.165, 1.54) is 0 Å². The van der Waals surface area contributed by atoms with Gasteiger partial charge in [0.25, 0.3) is 0 Å². The number of aliphatic hydroxyl groups excluding tert-OH is 1. The molecule has 2 heterocycles. The van der Waals surface area contributed by atoms with Gasteiger partial charge in [-0.05, 0) is 51.0 Å². The van der Waals surface area contributed by atoms with Crippen LogP contribution >= 0.6 is 11.3 Å². The number of carbonyl (C=O) groups is 1. The Morgan fingerprint density at radius 1 is 1.47 bits per heavy atom. The van der Waals surface area contributed by atoms with Crippen LogP contribution in [0.5, 0.6) is 0 Å². The van der Waals surface area contributed by atoms with Gasteiger partial charge in [-0.2, -0.15) is 0 Å². The zero-order valence-corrected chi connectivity index (χ0v) is 12.7. The minimum atomic E-state index is -0.439. The van der Waals surface area contributed by atoms with Gasteiger partial charge in [0.1, 0.15) is 0 Å². The number of piperidine rings is 1. The van der Waals surface area contributed by atoms with E-state index >= 15 is 0 Å². The molecule has 1 aromatic rings. The Balaban J connectivity index is 2.02. The van der Waals surface area contributed by atoms with Crippen LogP contribution in [0.15, 0.2) is 17.5 Å². The van der Waals surface area contributed by atoms with Gasteiger partial charge in [0, 0.05) is 18.0 Å². The first-order valence-electron chi connectivity index (χ1n) is 6.94. The second-order valence-corrected chi connectivity index (χ2v) is 6.92. The van der Waals surface area contributed by atoms with E-state index in [1.54, 1.807) is 11.3 Å². The second-order valence-electron chi connectivity index (χ2n) is 5.97. The van der Waals surface area contributed by atoms with E-state index in [9.17, 15) is 9.90 Å². The molecule has 2 rings (SSSR count). The van der Waals surface area contributed by atoms with Gasteiger partial charge in [-0.15, -0.1) is 11.3 Å². The van der Waals surface area contributed by atoms with Crippen molar-refractivity contribution >= 4 is 17.2 Å². The quantitative estimate of drug-likeness (QED) is 0.925. The number of carbonyl (C=O) groups excluding carboxylic acids is 1. The summed E-state index contributed by atoms with van der Waals surface area (Å²) in [4.78, 5) is 15.7. The van der Waals surface area contributed by atoms with Crippen molar-refractivity contribution in [2.45, 2.75) is 45.1 Å². The van der Waals surface area contributed by atoms with Gasteiger partial charge in [-0.25, -0.2) is 0 Å². The molecule has 1 atom stereocenters. The number of rotatable bonds is 3. The summed E-state index contributed by atoms with van der Waals surface area (Å²) in [5, 5.41) is 11.6. The molecule has 0 radical (unpaired) electrons. The van der Waals surface area contributed by atoms with Crippen LogP contribution in [0, 0.1) is 5.92 Å². The molecule has 19 heavy (non-hydrogen) atoms. The maximum Gasteiger partial charge on any atom is 0.233 e. The Labute approximate surface area is 119 Å². The molecule has 4 heteroatoms. The summed E-state index contributed by atoms with van der Waals surface area (Å²) >= 11 is 1.64. The lowest BCUT2D eigenvalue weighted by Gasteiger charge is -2.37. The third-order valence-corrected chi connectivity index (χ3v) is 5.37. The first kappa shape index (κ1) is 14.5. The Bertz CT molecular complexity index is 417. The lowest BCUT2D eigenvalue weighted by atomic mass is 9.86. The average Bonchev–Trinajstić information content (AvgIpc) is 2.92. The Kier molecular flexibility index (Phi) is 4.31. The molecule has 1 N–H and O–H groups in total. The van der Waals surface area contributed by atoms with Crippen molar-refractivity contribution in [3.63, 3.8) is 0 Å². The SMILES string of the molecule is CC(O)C1CCN(C(=O)C(C)(C)c2cccs2)CC1. The molecule has 0 aromatic carbocycles. The van der Waals surface area contributed by atoms with Crippen LogP contribution in [-0.2, 0) is 10.2 Å². The molecule has 1 unspecified atom stereocenters. The van der Waals surface area contributed by atoms with Crippen molar-refractivity contribution in [3.8, 4) is 0 Å². The fourth-order valence-electron chi connectivity index (χ4n) is 2.72. The number of hydrogen-bond donors (Lipinski definition) is 1. The Morgan fingerprint density at radius 2 is 2.11 bits per heavy atom. The number of thiophene rings is 1. The molecule has 106 valence electrons. The van der Waals surface area contributed by atoms with Gasteiger partial charge in [0.15, 0.2) is 0 Å². The van der Waals surface area contributed by atoms with Crippen molar-refractivity contribution in [3.05, 3.63) is 22.4 Å². The zero-order valence-electron chi connectivity index (χ0n) is 11.9. The van der Waals surface area contributed by atoms with Crippen LogP contribution in [-0.4, -0.2) is 35.1 Å². The third-order valence-electron chi connectivity index (χ3n) is 4.18. The molecule has 1 aromatic heterocycles. The predicted octanol–water partition coefficient (Wildman–Crippen LogP) is 2.65. The summed E-state index contributed by atoms with van der Waals surface area (Å²) in [6.45, 7) is 7.38. The van der Waals surface area contributed by atoms with Crippen molar-refractivity contribution in [1.29, 1.82) is 0 Å². The number of aliphatic hydroxyl groups is 1. The zero-order chi connectivity index (χ0) is 14.0. The highest BCUT2D eigenvalue weighted by atomic mass is 32.1. The number of likely N-dealkylation sites (tertiary alicyclic amines) is 1. The molecule has 0 bridgehead atoms. The third kappa shape index (κ3) is 3.00. The first-order chi connectivity index (χ1) is 8.93. The molecule has 1 aliphatic heterocycles. The number of hydrogen-bond acceptors (Lipinski definition) is 3. The summed E-state index contributed by atoms with van der Waals surface area (Å²) < 4.78 is 0. The molecule has 1 fully saturated rings. The first-order valence-corrected chi connectivity index (χ1v) is 7.82. The van der Waals surface area contributed by atoms with Gasteiger partial charge in [-0.3, -0.25) is 4.79 Å². The highest BCUT2D eigenvalue weighted by Crippen LogP contribution is 2.31. The van der Waals surface area contributed by atoms with Gasteiger partial charge < -0.3 is 10.0 Å². The normalized spacial score (nSPS) is 19.5. The molecule has 3 nitrogen and oxygen atoms in total. The molecule has 0 aliphatic carbocycles. The standard InChI is InChI=1S/C15H23NO2S/c1-11(17)12-6-8-16(9-7-12)14(18)15(2,3)13-5-4-10-19-13/h4-5,10-12,17H,6-9H2,1-3H3. The predicted molar refractivity (Wildman–Crippen MR) is 78.3 cm³/mol. The van der Waals surface area contributed by atoms with Crippen LogP contribution in [0.1, 0.15) is 38.5 Å². The summed E-state index contributed by atoms with van der Waals surface area (Å²) in [5.74, 6) is 0.549. The minimum Gasteiger partial charge on any atom is -0.393 e. The Hall–Kier alpha value is -0.870. The molecule has 1 saturated heterocycles. The summed E-state index contributed by atoms with van der Waals surface area (Å²) in [6.07, 6.45) is 1.55. The van der Waals surface area contributed by atoms with Crippen LogP contribution in [0.4, 0.5) is 0 Å². The molecular weight excluding hydrogens is 258 g/mol. The fraction of sp³-hybridized carbons (Fsp3) is 0.667. The van der Waals surface area contributed by atoms with E-state index in [1.807, 2.05) is 43.2 Å². The largest absolute Gasteiger partial charge is 0.393 e. The van der Waals surface area contributed by atoms with E-state index in [4.69, 9.17) is 0 Å². The highest BCUT2D eigenvalue weighted by molar-refractivity contribution is 7.10. The summed E-state index contributed by atoms with van der Waals surface area (Å²) in [5.41, 5.74) is -0.439. The number of amides is 1. The Morgan fingerprint density at radius 3 is 2.58 bits per heavy atom. The van der Waals surface area contributed by atoms with Gasteiger partial charge in [0.05, 0.1) is 11.5 Å². The van der Waals surface area contributed by atoms with Gasteiger partial charge >= 0.3 is 0 Å². The molecule has 1 amide bonds. The average molecular weight is 281 g/mol. The monoisotopic (exact) mass is 281 g/mol. The minimum absolute atomic E-state index is 0.207. The second kappa shape index (κ2) is 5.63. The van der Waals surface area contributed by atoms with E-state index in [0.29, 0.717) is 5.92 Å².